The number of para-hydroxylation sites is 1. The van der Waals surface area contributed by atoms with E-state index in [-0.39, 0.29) is 24.2 Å². The Labute approximate surface area is 180 Å². The van der Waals surface area contributed by atoms with Gasteiger partial charge in [-0.1, -0.05) is 38.1 Å². The molecule has 0 aromatic heterocycles. The lowest BCUT2D eigenvalue weighted by atomic mass is 10.1. The summed E-state index contributed by atoms with van der Waals surface area (Å²) in [7, 11) is -4.53. The Bertz CT molecular complexity index is 1010. The highest BCUT2D eigenvalue weighted by molar-refractivity contribution is 7.87. The molecule has 2 amide bonds. The van der Waals surface area contributed by atoms with Crippen molar-refractivity contribution in [3.05, 3.63) is 59.7 Å². The highest BCUT2D eigenvalue weighted by Crippen LogP contribution is 2.31. The van der Waals surface area contributed by atoms with Gasteiger partial charge in [-0.05, 0) is 37.1 Å². The first-order valence-electron chi connectivity index (χ1n) is 9.66. The van der Waals surface area contributed by atoms with Crippen LogP contribution in [0.5, 0.6) is 5.75 Å². The molecule has 0 saturated carbocycles. The summed E-state index contributed by atoms with van der Waals surface area (Å²) in [6.45, 7) is 6.57. The number of hydrogen-bond donors (Lipinski definition) is 1. The molecular weight excluding hydrogens is 433 g/mol. The Morgan fingerprint density at radius 1 is 1.13 bits per heavy atom. The van der Waals surface area contributed by atoms with E-state index >= 15 is 0 Å². The number of alkyl halides is 3. The molecular formula is C21H25F3N2O4S. The van der Waals surface area contributed by atoms with Crippen molar-refractivity contribution in [1.82, 2.24) is 10.2 Å². The van der Waals surface area contributed by atoms with Crippen LogP contribution in [0.4, 0.5) is 18.0 Å². The fourth-order valence-electron chi connectivity index (χ4n) is 2.84. The van der Waals surface area contributed by atoms with Crippen molar-refractivity contribution in [1.29, 1.82) is 0 Å². The summed E-state index contributed by atoms with van der Waals surface area (Å²) in [4.78, 5) is 13.3. The summed E-state index contributed by atoms with van der Waals surface area (Å²) >= 11 is 0. The number of amides is 2. The Morgan fingerprint density at radius 2 is 1.81 bits per heavy atom. The third kappa shape index (κ3) is 6.88. The largest absolute Gasteiger partial charge is 0.416 e. The van der Waals surface area contributed by atoms with Gasteiger partial charge in [-0.15, -0.1) is 0 Å². The SMILES string of the molecule is CCNC(=O)N(Cc1ccccc1OS(=O)(=O)c1cccc(C(F)(F)F)c1)CC(C)C. The minimum Gasteiger partial charge on any atom is -0.379 e. The average Bonchev–Trinajstić information content (AvgIpc) is 2.68. The summed E-state index contributed by atoms with van der Waals surface area (Å²) in [5, 5.41) is 2.71. The van der Waals surface area contributed by atoms with E-state index in [4.69, 9.17) is 4.18 Å². The molecule has 0 aliphatic heterocycles. The van der Waals surface area contributed by atoms with Gasteiger partial charge in [0.1, 0.15) is 10.6 Å². The van der Waals surface area contributed by atoms with Crippen molar-refractivity contribution in [3.8, 4) is 5.75 Å². The minimum atomic E-state index is -4.69. The first-order valence-corrected chi connectivity index (χ1v) is 11.1. The van der Waals surface area contributed by atoms with E-state index in [1.807, 2.05) is 13.8 Å². The predicted octanol–water partition coefficient (Wildman–Crippen LogP) is 4.66. The number of nitrogens with zero attached hydrogens (tertiary/aromatic N) is 1. The summed E-state index contributed by atoms with van der Waals surface area (Å²) in [5.41, 5.74) is -0.685. The molecule has 0 bridgehead atoms. The zero-order chi connectivity index (χ0) is 23.2. The highest BCUT2D eigenvalue weighted by Gasteiger charge is 2.32. The fourth-order valence-corrected chi connectivity index (χ4v) is 3.85. The van der Waals surface area contributed by atoms with E-state index in [1.54, 1.807) is 25.1 Å². The number of benzene rings is 2. The van der Waals surface area contributed by atoms with Crippen molar-refractivity contribution >= 4 is 16.1 Å². The van der Waals surface area contributed by atoms with E-state index in [0.29, 0.717) is 24.7 Å². The average molecular weight is 459 g/mol. The Hall–Kier alpha value is -2.75. The molecule has 0 atom stereocenters. The Balaban J connectivity index is 2.34. The van der Waals surface area contributed by atoms with Crippen LogP contribution in [0.25, 0.3) is 0 Å². The van der Waals surface area contributed by atoms with Gasteiger partial charge in [-0.3, -0.25) is 0 Å². The summed E-state index contributed by atoms with van der Waals surface area (Å²) in [6.07, 6.45) is -4.69. The van der Waals surface area contributed by atoms with Gasteiger partial charge < -0.3 is 14.4 Å². The number of carbonyl (C=O) groups is 1. The maximum Gasteiger partial charge on any atom is 0.416 e. The van der Waals surface area contributed by atoms with E-state index in [1.165, 1.54) is 11.0 Å². The van der Waals surface area contributed by atoms with Crippen LogP contribution in [0.15, 0.2) is 53.4 Å². The van der Waals surface area contributed by atoms with Crippen LogP contribution in [0.3, 0.4) is 0 Å². The molecule has 0 spiro atoms. The van der Waals surface area contributed by atoms with Crippen molar-refractivity contribution < 1.29 is 30.6 Å². The van der Waals surface area contributed by atoms with Gasteiger partial charge in [0, 0.05) is 18.7 Å². The number of carbonyl (C=O) groups excluding carboxylic acids is 1. The van der Waals surface area contributed by atoms with Crippen LogP contribution in [0.2, 0.25) is 0 Å². The number of urea groups is 1. The van der Waals surface area contributed by atoms with Gasteiger partial charge >= 0.3 is 22.3 Å². The van der Waals surface area contributed by atoms with Crippen LogP contribution in [-0.2, 0) is 22.8 Å². The number of hydrogen-bond acceptors (Lipinski definition) is 4. The van der Waals surface area contributed by atoms with Crippen molar-refractivity contribution in [2.45, 2.75) is 38.4 Å². The zero-order valence-corrected chi connectivity index (χ0v) is 18.3. The molecule has 2 aromatic carbocycles. The molecule has 0 saturated heterocycles. The van der Waals surface area contributed by atoms with Crippen molar-refractivity contribution in [3.63, 3.8) is 0 Å². The molecule has 2 rings (SSSR count). The molecule has 0 aliphatic rings. The van der Waals surface area contributed by atoms with Gasteiger partial charge in [0.25, 0.3) is 0 Å². The smallest absolute Gasteiger partial charge is 0.379 e. The monoisotopic (exact) mass is 458 g/mol. The normalized spacial score (nSPS) is 12.0. The van der Waals surface area contributed by atoms with Gasteiger partial charge in [-0.2, -0.15) is 21.6 Å². The van der Waals surface area contributed by atoms with E-state index in [9.17, 15) is 26.4 Å². The molecule has 10 heteroatoms. The molecule has 31 heavy (non-hydrogen) atoms. The minimum absolute atomic E-state index is 0.0574. The predicted molar refractivity (Wildman–Crippen MR) is 110 cm³/mol. The second-order valence-electron chi connectivity index (χ2n) is 7.28. The highest BCUT2D eigenvalue weighted by atomic mass is 32.2. The zero-order valence-electron chi connectivity index (χ0n) is 17.4. The third-order valence-electron chi connectivity index (χ3n) is 4.18. The third-order valence-corrected chi connectivity index (χ3v) is 5.41. The molecule has 0 aliphatic carbocycles. The lowest BCUT2D eigenvalue weighted by Crippen LogP contribution is -2.41. The Morgan fingerprint density at radius 3 is 2.42 bits per heavy atom. The van der Waals surface area contributed by atoms with Gasteiger partial charge in [0.2, 0.25) is 0 Å². The first-order chi connectivity index (χ1) is 14.4. The maximum atomic E-state index is 13.0. The summed E-state index contributed by atoms with van der Waals surface area (Å²) in [5.74, 6) is 0.0995. The lowest BCUT2D eigenvalue weighted by molar-refractivity contribution is -0.137. The molecule has 170 valence electrons. The number of halogens is 3. The standard InChI is InChI=1S/C21H25F3N2O4S/c1-4-25-20(27)26(13-15(2)3)14-16-8-5-6-11-19(16)30-31(28,29)18-10-7-9-17(12-18)21(22,23)24/h5-12,15H,4,13-14H2,1-3H3,(H,25,27). The summed E-state index contributed by atoms with van der Waals surface area (Å²) < 4.78 is 69.3. The molecule has 0 fully saturated rings. The lowest BCUT2D eigenvalue weighted by Gasteiger charge is -2.25. The van der Waals surface area contributed by atoms with Crippen LogP contribution in [-0.4, -0.2) is 32.4 Å². The van der Waals surface area contributed by atoms with Gasteiger partial charge in [0.05, 0.1) is 12.1 Å². The Kier molecular flexibility index (Phi) is 7.94. The number of rotatable bonds is 8. The van der Waals surface area contributed by atoms with E-state index in [0.717, 1.165) is 18.2 Å². The molecule has 0 unspecified atom stereocenters. The van der Waals surface area contributed by atoms with Crippen LogP contribution in [0, 0.1) is 5.92 Å². The van der Waals surface area contributed by atoms with Gasteiger partial charge in [-0.25, -0.2) is 4.79 Å². The molecule has 6 nitrogen and oxygen atoms in total. The summed E-state index contributed by atoms with van der Waals surface area (Å²) in [6, 6.07) is 9.23. The molecule has 2 aromatic rings. The fraction of sp³-hybridized carbons (Fsp3) is 0.381. The van der Waals surface area contributed by atoms with Crippen LogP contribution < -0.4 is 9.50 Å². The van der Waals surface area contributed by atoms with E-state index in [2.05, 4.69) is 5.32 Å². The van der Waals surface area contributed by atoms with Crippen molar-refractivity contribution in [2.75, 3.05) is 13.1 Å². The second-order valence-corrected chi connectivity index (χ2v) is 8.83. The molecule has 0 radical (unpaired) electrons. The first kappa shape index (κ1) is 24.5. The second kappa shape index (κ2) is 10.0. The molecule has 1 N–H and O–H groups in total. The van der Waals surface area contributed by atoms with Crippen molar-refractivity contribution in [2.24, 2.45) is 5.92 Å². The van der Waals surface area contributed by atoms with E-state index < -0.39 is 26.8 Å². The van der Waals surface area contributed by atoms with Crippen LogP contribution >= 0.6 is 0 Å². The number of nitrogens with one attached hydrogen (secondary N) is 1. The van der Waals surface area contributed by atoms with Gasteiger partial charge in [0.15, 0.2) is 0 Å². The topological polar surface area (TPSA) is 75.7 Å². The quantitative estimate of drug-likeness (QED) is 0.584. The van der Waals surface area contributed by atoms with Crippen LogP contribution in [0.1, 0.15) is 31.9 Å². The maximum absolute atomic E-state index is 13.0. The molecule has 0 heterocycles.